The maximum Gasteiger partial charge on any atom is 0.157 e. The molecule has 1 aliphatic rings. The first-order valence-electron chi connectivity index (χ1n) is 6.79. The van der Waals surface area contributed by atoms with Gasteiger partial charge in [-0.05, 0) is 43.5 Å². The molecule has 1 unspecified atom stereocenters. The third-order valence-electron chi connectivity index (χ3n) is 3.80. The first-order valence-corrected chi connectivity index (χ1v) is 7.17. The third kappa shape index (κ3) is 3.15. The van der Waals surface area contributed by atoms with Crippen molar-refractivity contribution in [3.05, 3.63) is 34.6 Å². The fourth-order valence-electron chi connectivity index (χ4n) is 2.83. The first-order chi connectivity index (χ1) is 9.07. The third-order valence-corrected chi connectivity index (χ3v) is 4.11. The molecule has 0 bridgehead atoms. The number of rotatable bonds is 5. The molecule has 2 nitrogen and oxygen atoms in total. The van der Waals surface area contributed by atoms with Gasteiger partial charge in [-0.15, -0.1) is 0 Å². The number of carbonyl (C=O) groups is 1. The molecule has 2 rings (SSSR count). The molecule has 19 heavy (non-hydrogen) atoms. The number of halogens is 2. The maximum atomic E-state index is 13.4. The Balaban J connectivity index is 2.12. The van der Waals surface area contributed by atoms with Crippen LogP contribution in [-0.2, 0) is 11.2 Å². The predicted molar refractivity (Wildman–Crippen MR) is 75.0 cm³/mol. The molecule has 0 amide bonds. The van der Waals surface area contributed by atoms with Crippen LogP contribution < -0.4 is 5.32 Å². The second-order valence-electron chi connectivity index (χ2n) is 5.21. The van der Waals surface area contributed by atoms with Gasteiger partial charge in [-0.3, -0.25) is 4.79 Å². The highest BCUT2D eigenvalue weighted by molar-refractivity contribution is 6.30. The summed E-state index contributed by atoms with van der Waals surface area (Å²) in [5.74, 6) is -0.301. The van der Waals surface area contributed by atoms with Crippen LogP contribution in [0.2, 0.25) is 5.02 Å². The molecular formula is C15H19ClFNO. The number of nitrogens with one attached hydrogen (secondary N) is 1. The van der Waals surface area contributed by atoms with Crippen LogP contribution in [0.25, 0.3) is 0 Å². The van der Waals surface area contributed by atoms with Crippen molar-refractivity contribution in [3.8, 4) is 0 Å². The van der Waals surface area contributed by atoms with Gasteiger partial charge in [-0.1, -0.05) is 31.0 Å². The van der Waals surface area contributed by atoms with E-state index in [-0.39, 0.29) is 17.2 Å². The van der Waals surface area contributed by atoms with Crippen LogP contribution in [-0.4, -0.2) is 17.9 Å². The molecule has 0 aliphatic carbocycles. The predicted octanol–water partition coefficient (Wildman–Crippen LogP) is 3.51. The summed E-state index contributed by atoms with van der Waals surface area (Å²) in [7, 11) is 0. The van der Waals surface area contributed by atoms with Crippen molar-refractivity contribution in [2.75, 3.05) is 6.54 Å². The average Bonchev–Trinajstić information content (AvgIpc) is 2.84. The standard InChI is InChI=1S/C15H19ClFNO/c1-2-6-15(7-3-8-18-15)14(19)10-11-4-5-12(16)13(17)9-11/h4-5,9,18H,2-3,6-8,10H2,1H3. The lowest BCUT2D eigenvalue weighted by Crippen LogP contribution is -2.48. The van der Waals surface area contributed by atoms with Crippen LogP contribution in [0.5, 0.6) is 0 Å². The van der Waals surface area contributed by atoms with Crippen LogP contribution in [0.3, 0.4) is 0 Å². The molecule has 1 aromatic rings. The van der Waals surface area contributed by atoms with Gasteiger partial charge in [0.1, 0.15) is 5.82 Å². The molecule has 0 spiro atoms. The highest BCUT2D eigenvalue weighted by atomic mass is 35.5. The van der Waals surface area contributed by atoms with Gasteiger partial charge in [-0.25, -0.2) is 4.39 Å². The molecule has 1 aliphatic heterocycles. The second kappa shape index (κ2) is 6.02. The van der Waals surface area contributed by atoms with Gasteiger partial charge < -0.3 is 5.32 Å². The van der Waals surface area contributed by atoms with Crippen LogP contribution in [0.4, 0.5) is 4.39 Å². The molecule has 4 heteroatoms. The molecule has 104 valence electrons. The monoisotopic (exact) mass is 283 g/mol. The van der Waals surface area contributed by atoms with Gasteiger partial charge in [0, 0.05) is 6.42 Å². The Labute approximate surface area is 118 Å². The van der Waals surface area contributed by atoms with E-state index in [0.717, 1.165) is 32.2 Å². The summed E-state index contributed by atoms with van der Waals surface area (Å²) in [6.45, 7) is 2.97. The quantitative estimate of drug-likeness (QED) is 0.896. The molecule has 1 aromatic carbocycles. The van der Waals surface area contributed by atoms with Gasteiger partial charge in [0.25, 0.3) is 0 Å². The Morgan fingerprint density at radius 3 is 2.89 bits per heavy atom. The summed E-state index contributed by atoms with van der Waals surface area (Å²) in [6.07, 6.45) is 3.99. The van der Waals surface area contributed by atoms with Crippen molar-refractivity contribution >= 4 is 17.4 Å². The van der Waals surface area contributed by atoms with Crippen molar-refractivity contribution in [2.24, 2.45) is 0 Å². The zero-order chi connectivity index (χ0) is 13.9. The van der Waals surface area contributed by atoms with E-state index in [0.29, 0.717) is 5.56 Å². The van der Waals surface area contributed by atoms with E-state index in [2.05, 4.69) is 12.2 Å². The molecule has 1 atom stereocenters. The molecule has 0 saturated carbocycles. The van der Waals surface area contributed by atoms with E-state index in [1.165, 1.54) is 12.1 Å². The molecular weight excluding hydrogens is 265 g/mol. The smallest absolute Gasteiger partial charge is 0.157 e. The molecule has 1 heterocycles. The molecule has 0 radical (unpaired) electrons. The number of hydrogen-bond acceptors (Lipinski definition) is 2. The normalized spacial score (nSPS) is 22.7. The number of hydrogen-bond donors (Lipinski definition) is 1. The summed E-state index contributed by atoms with van der Waals surface area (Å²) in [5.41, 5.74) is 0.293. The number of benzene rings is 1. The van der Waals surface area contributed by atoms with E-state index in [1.807, 2.05) is 0 Å². The maximum absolute atomic E-state index is 13.4. The molecule has 1 fully saturated rings. The lowest BCUT2D eigenvalue weighted by molar-refractivity contribution is -0.124. The Morgan fingerprint density at radius 2 is 2.32 bits per heavy atom. The van der Waals surface area contributed by atoms with Crippen LogP contribution in [0.15, 0.2) is 18.2 Å². The van der Waals surface area contributed by atoms with Gasteiger partial charge in [-0.2, -0.15) is 0 Å². The Bertz CT molecular complexity index is 469. The average molecular weight is 284 g/mol. The van der Waals surface area contributed by atoms with Crippen molar-refractivity contribution in [1.82, 2.24) is 5.32 Å². The van der Waals surface area contributed by atoms with Crippen molar-refractivity contribution in [3.63, 3.8) is 0 Å². The van der Waals surface area contributed by atoms with Crippen molar-refractivity contribution < 1.29 is 9.18 Å². The van der Waals surface area contributed by atoms with E-state index >= 15 is 0 Å². The van der Waals surface area contributed by atoms with Gasteiger partial charge in [0.2, 0.25) is 0 Å². The minimum absolute atomic E-state index is 0.0958. The van der Waals surface area contributed by atoms with Crippen LogP contribution in [0.1, 0.15) is 38.2 Å². The summed E-state index contributed by atoms with van der Waals surface area (Å²) in [4.78, 5) is 12.5. The number of carbonyl (C=O) groups excluding carboxylic acids is 1. The van der Waals surface area contributed by atoms with Gasteiger partial charge in [0.05, 0.1) is 10.6 Å². The lowest BCUT2D eigenvalue weighted by atomic mass is 9.84. The van der Waals surface area contributed by atoms with E-state index < -0.39 is 11.4 Å². The van der Waals surface area contributed by atoms with E-state index in [9.17, 15) is 9.18 Å². The van der Waals surface area contributed by atoms with Crippen molar-refractivity contribution in [2.45, 2.75) is 44.6 Å². The number of Topliss-reactive ketones (excluding diaryl/α,β-unsaturated/α-hetero) is 1. The Kier molecular flexibility index (Phi) is 4.58. The minimum atomic E-state index is -0.462. The Morgan fingerprint density at radius 1 is 1.53 bits per heavy atom. The Hall–Kier alpha value is -0.930. The second-order valence-corrected chi connectivity index (χ2v) is 5.62. The molecule has 0 aromatic heterocycles. The fraction of sp³-hybridized carbons (Fsp3) is 0.533. The topological polar surface area (TPSA) is 29.1 Å². The van der Waals surface area contributed by atoms with Gasteiger partial charge in [0.15, 0.2) is 5.78 Å². The largest absolute Gasteiger partial charge is 0.305 e. The minimum Gasteiger partial charge on any atom is -0.305 e. The zero-order valence-corrected chi connectivity index (χ0v) is 11.9. The highest BCUT2D eigenvalue weighted by Gasteiger charge is 2.39. The highest BCUT2D eigenvalue weighted by Crippen LogP contribution is 2.27. The summed E-state index contributed by atoms with van der Waals surface area (Å²) in [6, 6.07) is 4.58. The first kappa shape index (κ1) is 14.5. The molecule has 1 N–H and O–H groups in total. The van der Waals surface area contributed by atoms with Gasteiger partial charge >= 0.3 is 0 Å². The summed E-state index contributed by atoms with van der Waals surface area (Å²) < 4.78 is 13.4. The lowest BCUT2D eigenvalue weighted by Gasteiger charge is -2.27. The van der Waals surface area contributed by atoms with Crippen LogP contribution in [0, 0.1) is 5.82 Å². The SMILES string of the molecule is CCCC1(C(=O)Cc2ccc(Cl)c(F)c2)CCCN1. The van der Waals surface area contributed by atoms with E-state index in [4.69, 9.17) is 11.6 Å². The summed E-state index contributed by atoms with van der Waals surface area (Å²) >= 11 is 5.65. The number of ketones is 1. The zero-order valence-electron chi connectivity index (χ0n) is 11.1. The van der Waals surface area contributed by atoms with E-state index in [1.54, 1.807) is 6.07 Å². The fourth-order valence-corrected chi connectivity index (χ4v) is 2.95. The molecule has 1 saturated heterocycles. The van der Waals surface area contributed by atoms with Crippen molar-refractivity contribution in [1.29, 1.82) is 0 Å². The van der Waals surface area contributed by atoms with Crippen LogP contribution >= 0.6 is 11.6 Å². The summed E-state index contributed by atoms with van der Waals surface area (Å²) in [5, 5.41) is 3.44.